The highest BCUT2D eigenvalue weighted by molar-refractivity contribution is 7.93. The van der Waals surface area contributed by atoms with Crippen LogP contribution in [0, 0.1) is 0 Å². The van der Waals surface area contributed by atoms with Gasteiger partial charge in [0.15, 0.2) is 0 Å². The minimum absolute atomic E-state index is 0.229. The summed E-state index contributed by atoms with van der Waals surface area (Å²) in [5.41, 5.74) is 0. The van der Waals surface area contributed by atoms with Gasteiger partial charge in [-0.1, -0.05) is 0 Å². The molecule has 0 spiro atoms. The second-order valence-corrected chi connectivity index (χ2v) is 7.50. The number of halogens is 2. The Kier molecular flexibility index (Phi) is 6.81. The largest absolute Gasteiger partial charge is 0.465 e. The van der Waals surface area contributed by atoms with E-state index in [1.54, 1.807) is 19.2 Å². The standard InChI is InChI=1S/C16H21F2NO4S2/c1-10(23-24-3)12-9-16(17,18)15(21)19(12)8-4-5-11-6-7-13(25-11)14(20)22-2/h6-7,10,12H,4-5,8-9H2,1-3H3/t10-,12?/m1/s1. The zero-order valence-corrected chi connectivity index (χ0v) is 15.9. The maximum absolute atomic E-state index is 13.8. The number of hydrogen-bond acceptors (Lipinski definition) is 6. The molecule has 0 bridgehead atoms. The first-order valence-electron chi connectivity index (χ1n) is 7.85. The van der Waals surface area contributed by atoms with Gasteiger partial charge in [-0.2, -0.15) is 8.78 Å². The predicted molar refractivity (Wildman–Crippen MR) is 93.1 cm³/mol. The van der Waals surface area contributed by atoms with E-state index < -0.39 is 36.4 Å². The van der Waals surface area contributed by atoms with Gasteiger partial charge >= 0.3 is 11.9 Å². The van der Waals surface area contributed by atoms with E-state index in [2.05, 4.69) is 4.74 Å². The number of methoxy groups -OCH3 is 1. The second-order valence-electron chi connectivity index (χ2n) is 5.80. The number of aryl methyl sites for hydroxylation is 1. The molecule has 1 saturated heterocycles. The quantitative estimate of drug-likeness (QED) is 0.501. The Morgan fingerprint density at radius 2 is 2.24 bits per heavy atom. The van der Waals surface area contributed by atoms with E-state index in [0.717, 1.165) is 16.9 Å². The van der Waals surface area contributed by atoms with Gasteiger partial charge < -0.3 is 13.8 Å². The summed E-state index contributed by atoms with van der Waals surface area (Å²) in [6, 6.07) is 2.86. The van der Waals surface area contributed by atoms with Crippen molar-refractivity contribution in [2.75, 3.05) is 19.9 Å². The average Bonchev–Trinajstić information content (AvgIpc) is 3.12. The van der Waals surface area contributed by atoms with Crippen molar-refractivity contribution in [2.45, 2.75) is 44.3 Å². The van der Waals surface area contributed by atoms with E-state index >= 15 is 0 Å². The highest BCUT2D eigenvalue weighted by Crippen LogP contribution is 2.36. The normalized spacial score (nSPS) is 20.8. The van der Waals surface area contributed by atoms with Gasteiger partial charge in [0.25, 0.3) is 5.91 Å². The SMILES string of the molecule is COC(=O)c1ccc(CCCN2C(=O)C(F)(F)CC2[C@@H](C)OSC)s1. The molecule has 1 aromatic heterocycles. The molecule has 2 atom stereocenters. The number of nitrogens with zero attached hydrogens (tertiary/aromatic N) is 1. The highest BCUT2D eigenvalue weighted by atomic mass is 32.2. The minimum Gasteiger partial charge on any atom is -0.465 e. The zero-order valence-electron chi connectivity index (χ0n) is 14.3. The summed E-state index contributed by atoms with van der Waals surface area (Å²) >= 11 is 2.41. The molecule has 1 aliphatic heterocycles. The first-order valence-corrected chi connectivity index (χ1v) is 9.82. The van der Waals surface area contributed by atoms with E-state index in [1.165, 1.54) is 23.3 Å². The third kappa shape index (κ3) is 4.71. The fourth-order valence-electron chi connectivity index (χ4n) is 2.87. The van der Waals surface area contributed by atoms with Crippen LogP contribution in [0.5, 0.6) is 0 Å². The summed E-state index contributed by atoms with van der Waals surface area (Å²) in [6.07, 6.45) is 1.86. The molecular formula is C16H21F2NO4S2. The molecule has 1 aliphatic rings. The number of esters is 1. The van der Waals surface area contributed by atoms with Crippen molar-refractivity contribution in [1.82, 2.24) is 4.90 Å². The molecule has 1 fully saturated rings. The lowest BCUT2D eigenvalue weighted by atomic mass is 10.1. The third-order valence-electron chi connectivity index (χ3n) is 4.10. The maximum atomic E-state index is 13.8. The molecule has 0 radical (unpaired) electrons. The maximum Gasteiger partial charge on any atom is 0.348 e. The number of likely N-dealkylation sites (tertiary alicyclic amines) is 1. The fraction of sp³-hybridized carbons (Fsp3) is 0.625. The predicted octanol–water partition coefficient (Wildman–Crippen LogP) is 3.39. The van der Waals surface area contributed by atoms with Crippen molar-refractivity contribution in [1.29, 1.82) is 0 Å². The number of amides is 1. The Morgan fingerprint density at radius 3 is 2.88 bits per heavy atom. The molecule has 2 heterocycles. The van der Waals surface area contributed by atoms with Crippen LogP contribution in [0.15, 0.2) is 12.1 Å². The molecule has 140 valence electrons. The van der Waals surface area contributed by atoms with Crippen LogP contribution in [0.1, 0.15) is 34.3 Å². The molecule has 0 aromatic carbocycles. The van der Waals surface area contributed by atoms with Crippen molar-refractivity contribution in [3.63, 3.8) is 0 Å². The number of carbonyl (C=O) groups is 2. The van der Waals surface area contributed by atoms with Gasteiger partial charge in [0.2, 0.25) is 0 Å². The molecule has 0 saturated carbocycles. The number of thiophene rings is 1. The van der Waals surface area contributed by atoms with Crippen LogP contribution >= 0.6 is 23.4 Å². The van der Waals surface area contributed by atoms with Crippen molar-refractivity contribution in [2.24, 2.45) is 0 Å². The van der Waals surface area contributed by atoms with E-state index in [1.807, 2.05) is 6.07 Å². The lowest BCUT2D eigenvalue weighted by Crippen LogP contribution is -2.42. The molecule has 5 nitrogen and oxygen atoms in total. The topological polar surface area (TPSA) is 55.8 Å². The van der Waals surface area contributed by atoms with Crippen LogP contribution in [-0.4, -0.2) is 54.8 Å². The van der Waals surface area contributed by atoms with Crippen molar-refractivity contribution in [3.05, 3.63) is 21.9 Å². The number of hydrogen-bond donors (Lipinski definition) is 0. The van der Waals surface area contributed by atoms with Crippen LogP contribution in [0.4, 0.5) is 8.78 Å². The number of ether oxygens (including phenoxy) is 1. The van der Waals surface area contributed by atoms with Crippen LogP contribution in [0.25, 0.3) is 0 Å². The van der Waals surface area contributed by atoms with Gasteiger partial charge in [0.1, 0.15) is 4.88 Å². The van der Waals surface area contributed by atoms with E-state index in [-0.39, 0.29) is 6.54 Å². The van der Waals surface area contributed by atoms with Gasteiger partial charge in [-0.15, -0.1) is 11.3 Å². The van der Waals surface area contributed by atoms with Crippen LogP contribution in [0.2, 0.25) is 0 Å². The Bertz CT molecular complexity index is 623. The summed E-state index contributed by atoms with van der Waals surface area (Å²) in [4.78, 5) is 26.1. The summed E-state index contributed by atoms with van der Waals surface area (Å²) in [7, 11) is 1.32. The van der Waals surface area contributed by atoms with Crippen molar-refractivity contribution in [3.8, 4) is 0 Å². The van der Waals surface area contributed by atoms with Crippen LogP contribution in [-0.2, 0) is 20.1 Å². The Hall–Kier alpha value is -1.19. The van der Waals surface area contributed by atoms with Crippen LogP contribution in [0.3, 0.4) is 0 Å². The lowest BCUT2D eigenvalue weighted by Gasteiger charge is -2.28. The lowest BCUT2D eigenvalue weighted by molar-refractivity contribution is -0.148. The Morgan fingerprint density at radius 1 is 1.52 bits per heavy atom. The summed E-state index contributed by atoms with van der Waals surface area (Å²) < 4.78 is 37.6. The first-order chi connectivity index (χ1) is 11.8. The van der Waals surface area contributed by atoms with E-state index in [4.69, 9.17) is 4.18 Å². The summed E-state index contributed by atoms with van der Waals surface area (Å²) in [5.74, 6) is -4.86. The summed E-state index contributed by atoms with van der Waals surface area (Å²) in [5, 5.41) is 0. The number of alkyl halides is 2. The second kappa shape index (κ2) is 8.46. The number of rotatable bonds is 8. The van der Waals surface area contributed by atoms with Gasteiger partial charge in [-0.25, -0.2) is 4.79 Å². The molecule has 0 aliphatic carbocycles. The van der Waals surface area contributed by atoms with Crippen molar-refractivity contribution >= 4 is 35.3 Å². The molecule has 25 heavy (non-hydrogen) atoms. The molecule has 1 amide bonds. The van der Waals surface area contributed by atoms with E-state index in [0.29, 0.717) is 17.7 Å². The minimum atomic E-state index is -3.33. The fourth-order valence-corrected chi connectivity index (χ4v) is 4.27. The Balaban J connectivity index is 1.96. The molecule has 1 unspecified atom stereocenters. The molecule has 2 rings (SSSR count). The molecule has 1 aromatic rings. The first kappa shape index (κ1) is 20.1. The molecule has 0 N–H and O–H groups in total. The third-order valence-corrected chi connectivity index (χ3v) is 5.72. The molecule has 9 heteroatoms. The van der Waals surface area contributed by atoms with E-state index in [9.17, 15) is 18.4 Å². The van der Waals surface area contributed by atoms with Crippen LogP contribution < -0.4 is 0 Å². The van der Waals surface area contributed by atoms with Gasteiger partial charge in [0, 0.05) is 24.1 Å². The highest BCUT2D eigenvalue weighted by Gasteiger charge is 2.54. The Labute approximate surface area is 153 Å². The van der Waals surface area contributed by atoms with Gasteiger partial charge in [-0.05, 0) is 43.9 Å². The smallest absolute Gasteiger partial charge is 0.348 e. The van der Waals surface area contributed by atoms with Gasteiger partial charge in [0.05, 0.1) is 19.3 Å². The average molecular weight is 393 g/mol. The number of carbonyl (C=O) groups excluding carboxylic acids is 2. The van der Waals surface area contributed by atoms with Gasteiger partial charge in [-0.3, -0.25) is 4.79 Å². The van der Waals surface area contributed by atoms with Crippen molar-refractivity contribution < 1.29 is 27.3 Å². The monoisotopic (exact) mass is 393 g/mol. The summed E-state index contributed by atoms with van der Waals surface area (Å²) in [6.45, 7) is 1.93. The molecular weight excluding hydrogens is 372 g/mol. The zero-order chi connectivity index (χ0) is 18.6.